The van der Waals surface area contributed by atoms with Crippen LogP contribution in [0.15, 0.2) is 48.5 Å². The maximum atomic E-state index is 13.6. The first-order valence-corrected chi connectivity index (χ1v) is 11.1. The van der Waals surface area contributed by atoms with Gasteiger partial charge in [-0.15, -0.1) is 0 Å². The molecule has 4 rings (SSSR count). The highest BCUT2D eigenvalue weighted by atomic mass is 35.5. The van der Waals surface area contributed by atoms with Gasteiger partial charge in [0.15, 0.2) is 0 Å². The smallest absolute Gasteiger partial charge is 0.123 e. The molecule has 29 heavy (non-hydrogen) atoms. The predicted octanol–water partition coefficient (Wildman–Crippen LogP) is 4.77. The van der Waals surface area contributed by atoms with Crippen molar-refractivity contribution < 1.29 is 9.50 Å². The molecule has 1 saturated heterocycles. The number of hydrogen-bond acceptors (Lipinski definition) is 3. The van der Waals surface area contributed by atoms with E-state index in [4.69, 9.17) is 11.6 Å². The number of nitrogens with zero attached hydrogens (tertiary/aromatic N) is 2. The van der Waals surface area contributed by atoms with E-state index in [0.29, 0.717) is 6.42 Å². The number of benzene rings is 2. The lowest BCUT2D eigenvalue weighted by molar-refractivity contribution is -0.0595. The Morgan fingerprint density at radius 3 is 2.59 bits per heavy atom. The van der Waals surface area contributed by atoms with Gasteiger partial charge in [0.2, 0.25) is 0 Å². The lowest BCUT2D eigenvalue weighted by Gasteiger charge is -2.44. The summed E-state index contributed by atoms with van der Waals surface area (Å²) in [4.78, 5) is 4.86. The molecule has 2 atom stereocenters. The number of piperazine rings is 1. The van der Waals surface area contributed by atoms with Gasteiger partial charge < -0.3 is 10.0 Å². The predicted molar refractivity (Wildman–Crippen MR) is 117 cm³/mol. The summed E-state index contributed by atoms with van der Waals surface area (Å²) < 4.78 is 13.6. The van der Waals surface area contributed by atoms with E-state index in [1.54, 1.807) is 12.1 Å². The first kappa shape index (κ1) is 20.6. The van der Waals surface area contributed by atoms with Crippen molar-refractivity contribution in [1.29, 1.82) is 0 Å². The number of halogens is 2. The SMILES string of the molecule is OC1(Cc2cccc(F)c2)CCCCC1CN1CCN(c2cccc(Cl)c2)CC1. The Balaban J connectivity index is 1.37. The zero-order chi connectivity index (χ0) is 20.3. The summed E-state index contributed by atoms with van der Waals surface area (Å²) in [5, 5.41) is 12.3. The van der Waals surface area contributed by atoms with Crippen LogP contribution >= 0.6 is 11.6 Å². The van der Waals surface area contributed by atoms with E-state index in [0.717, 1.165) is 62.6 Å². The number of rotatable bonds is 5. The van der Waals surface area contributed by atoms with Gasteiger partial charge >= 0.3 is 0 Å². The van der Waals surface area contributed by atoms with Crippen LogP contribution in [0.5, 0.6) is 0 Å². The van der Waals surface area contributed by atoms with Crippen LogP contribution in [-0.4, -0.2) is 48.3 Å². The summed E-state index contributed by atoms with van der Waals surface area (Å²) in [7, 11) is 0. The van der Waals surface area contributed by atoms with Crippen LogP contribution in [0.25, 0.3) is 0 Å². The highest BCUT2D eigenvalue weighted by Gasteiger charge is 2.40. The summed E-state index contributed by atoms with van der Waals surface area (Å²) in [5.41, 5.74) is 1.33. The van der Waals surface area contributed by atoms with Crippen LogP contribution in [0.2, 0.25) is 5.02 Å². The maximum Gasteiger partial charge on any atom is 0.123 e. The normalized spacial score (nSPS) is 25.9. The van der Waals surface area contributed by atoms with Crippen molar-refractivity contribution >= 4 is 17.3 Å². The molecular formula is C24H30ClFN2O. The average Bonchev–Trinajstić information content (AvgIpc) is 2.70. The standard InChI is InChI=1S/C24H30ClFN2O/c25-21-7-4-9-23(16-21)28-13-11-27(12-14-28)18-20-6-1-2-10-24(20,29)17-19-5-3-8-22(26)15-19/h3-5,7-9,15-16,20,29H,1-2,6,10-14,17-18H2. The van der Waals surface area contributed by atoms with E-state index in [2.05, 4.69) is 15.9 Å². The van der Waals surface area contributed by atoms with Crippen molar-refractivity contribution in [2.24, 2.45) is 5.92 Å². The summed E-state index contributed by atoms with van der Waals surface area (Å²) in [6.45, 7) is 4.82. The highest BCUT2D eigenvalue weighted by molar-refractivity contribution is 6.30. The average molecular weight is 417 g/mol. The summed E-state index contributed by atoms with van der Waals surface area (Å²) in [6, 6.07) is 14.7. The quantitative estimate of drug-likeness (QED) is 0.760. The molecule has 5 heteroatoms. The molecule has 2 fully saturated rings. The lowest BCUT2D eigenvalue weighted by Crippen LogP contribution is -2.52. The maximum absolute atomic E-state index is 13.6. The molecule has 1 N–H and O–H groups in total. The minimum Gasteiger partial charge on any atom is -0.389 e. The Morgan fingerprint density at radius 2 is 1.83 bits per heavy atom. The molecule has 0 bridgehead atoms. The van der Waals surface area contributed by atoms with E-state index in [9.17, 15) is 9.50 Å². The molecule has 1 heterocycles. The molecule has 1 saturated carbocycles. The first-order valence-electron chi connectivity index (χ1n) is 10.7. The minimum absolute atomic E-state index is 0.226. The highest BCUT2D eigenvalue weighted by Crippen LogP contribution is 2.37. The van der Waals surface area contributed by atoms with Gasteiger partial charge in [-0.3, -0.25) is 4.90 Å². The van der Waals surface area contributed by atoms with E-state index < -0.39 is 5.60 Å². The topological polar surface area (TPSA) is 26.7 Å². The van der Waals surface area contributed by atoms with Crippen molar-refractivity contribution in [3.05, 3.63) is 64.9 Å². The number of aliphatic hydroxyl groups is 1. The van der Waals surface area contributed by atoms with E-state index in [1.807, 2.05) is 24.3 Å². The second-order valence-electron chi connectivity index (χ2n) is 8.62. The Bertz CT molecular complexity index is 824. The van der Waals surface area contributed by atoms with E-state index >= 15 is 0 Å². The Labute approximate surface area is 178 Å². The molecule has 3 nitrogen and oxygen atoms in total. The zero-order valence-corrected chi connectivity index (χ0v) is 17.6. The van der Waals surface area contributed by atoms with E-state index in [-0.39, 0.29) is 11.7 Å². The van der Waals surface area contributed by atoms with Gasteiger partial charge in [0, 0.05) is 55.8 Å². The third-order valence-corrected chi connectivity index (χ3v) is 6.83. The molecule has 2 unspecified atom stereocenters. The molecule has 156 valence electrons. The molecule has 0 amide bonds. The fraction of sp³-hybridized carbons (Fsp3) is 0.500. The summed E-state index contributed by atoms with van der Waals surface area (Å²) in [6.07, 6.45) is 4.60. The van der Waals surface area contributed by atoms with Crippen molar-refractivity contribution in [3.8, 4) is 0 Å². The first-order chi connectivity index (χ1) is 14.0. The third kappa shape index (κ3) is 5.11. The van der Waals surface area contributed by atoms with Crippen LogP contribution in [0, 0.1) is 11.7 Å². The fourth-order valence-electron chi connectivity index (χ4n) is 4.96. The lowest BCUT2D eigenvalue weighted by atomic mass is 9.72. The van der Waals surface area contributed by atoms with Crippen LogP contribution in [0.4, 0.5) is 10.1 Å². The zero-order valence-electron chi connectivity index (χ0n) is 16.9. The molecule has 0 radical (unpaired) electrons. The Morgan fingerprint density at radius 1 is 1.03 bits per heavy atom. The van der Waals surface area contributed by atoms with Gasteiger partial charge in [0.25, 0.3) is 0 Å². The van der Waals surface area contributed by atoms with Crippen LogP contribution < -0.4 is 4.90 Å². The van der Waals surface area contributed by atoms with Gasteiger partial charge in [0.05, 0.1) is 5.60 Å². The molecule has 2 aliphatic rings. The molecular weight excluding hydrogens is 387 g/mol. The molecule has 2 aromatic carbocycles. The number of anilines is 1. The van der Waals surface area contributed by atoms with E-state index in [1.165, 1.54) is 18.2 Å². The fourth-order valence-corrected chi connectivity index (χ4v) is 5.15. The molecule has 0 spiro atoms. The molecule has 1 aliphatic heterocycles. The van der Waals surface area contributed by atoms with Gasteiger partial charge in [0.1, 0.15) is 5.82 Å². The van der Waals surface area contributed by atoms with Crippen molar-refractivity contribution in [2.45, 2.75) is 37.7 Å². The van der Waals surface area contributed by atoms with Crippen LogP contribution in [0.1, 0.15) is 31.2 Å². The Kier molecular flexibility index (Phi) is 6.43. The minimum atomic E-state index is -0.740. The van der Waals surface area contributed by atoms with Crippen molar-refractivity contribution in [1.82, 2.24) is 4.90 Å². The van der Waals surface area contributed by atoms with Crippen molar-refractivity contribution in [3.63, 3.8) is 0 Å². The summed E-state index contributed by atoms with van der Waals surface area (Å²) in [5.74, 6) is 0.00725. The van der Waals surface area contributed by atoms with Gasteiger partial charge in [-0.1, -0.05) is 42.6 Å². The Hall–Kier alpha value is -1.62. The van der Waals surface area contributed by atoms with Gasteiger partial charge in [-0.05, 0) is 48.7 Å². The summed E-state index contributed by atoms with van der Waals surface area (Å²) >= 11 is 6.14. The molecule has 1 aliphatic carbocycles. The van der Waals surface area contributed by atoms with Crippen molar-refractivity contribution in [2.75, 3.05) is 37.6 Å². The van der Waals surface area contributed by atoms with Crippen LogP contribution in [0.3, 0.4) is 0 Å². The number of hydrogen-bond donors (Lipinski definition) is 1. The monoisotopic (exact) mass is 416 g/mol. The van der Waals surface area contributed by atoms with Crippen LogP contribution in [-0.2, 0) is 6.42 Å². The van der Waals surface area contributed by atoms with Gasteiger partial charge in [-0.2, -0.15) is 0 Å². The second-order valence-corrected chi connectivity index (χ2v) is 9.06. The molecule has 0 aromatic heterocycles. The largest absolute Gasteiger partial charge is 0.389 e. The molecule has 2 aromatic rings. The third-order valence-electron chi connectivity index (χ3n) is 6.60. The van der Waals surface area contributed by atoms with Gasteiger partial charge in [-0.25, -0.2) is 4.39 Å². The second kappa shape index (κ2) is 9.03.